The van der Waals surface area contributed by atoms with Gasteiger partial charge in [0.05, 0.1) is 13.2 Å². The van der Waals surface area contributed by atoms with Gasteiger partial charge in [0.2, 0.25) is 5.91 Å². The van der Waals surface area contributed by atoms with Crippen molar-refractivity contribution >= 4 is 5.91 Å². The highest BCUT2D eigenvalue weighted by molar-refractivity contribution is 5.81. The van der Waals surface area contributed by atoms with Crippen molar-refractivity contribution in [2.45, 2.75) is 45.8 Å². The summed E-state index contributed by atoms with van der Waals surface area (Å²) in [6.45, 7) is 8.58. The van der Waals surface area contributed by atoms with Crippen molar-refractivity contribution in [2.24, 2.45) is 0 Å². The summed E-state index contributed by atoms with van der Waals surface area (Å²) < 4.78 is 5.21. The van der Waals surface area contributed by atoms with Gasteiger partial charge in [-0.15, -0.1) is 0 Å². The Morgan fingerprint density at radius 3 is 2.60 bits per heavy atom. The Morgan fingerprint density at radius 1 is 1.40 bits per heavy atom. The normalized spacial score (nSPS) is 13.2. The largest absolute Gasteiger partial charge is 0.497 e. The zero-order valence-corrected chi connectivity index (χ0v) is 13.4. The lowest BCUT2D eigenvalue weighted by atomic mass is 10.1. The number of carbonyl (C=O) groups is 1. The number of likely N-dealkylation sites (N-methyl/N-ethyl adjacent to an activating group) is 1. The maximum Gasteiger partial charge on any atom is 0.237 e. The summed E-state index contributed by atoms with van der Waals surface area (Å²) in [6, 6.07) is 7.72. The van der Waals surface area contributed by atoms with Gasteiger partial charge in [0, 0.05) is 12.1 Å². The zero-order chi connectivity index (χ0) is 15.3. The molecule has 0 heterocycles. The maximum absolute atomic E-state index is 12.1. The van der Waals surface area contributed by atoms with Gasteiger partial charge < -0.3 is 10.1 Å². The van der Waals surface area contributed by atoms with Gasteiger partial charge in [-0.1, -0.05) is 12.1 Å². The number of amides is 1. The number of ether oxygens (including phenoxy) is 1. The van der Waals surface area contributed by atoms with Gasteiger partial charge in [-0.05, 0) is 52.4 Å². The molecule has 20 heavy (non-hydrogen) atoms. The standard InChI is InChI=1S/C16H26N2O2/c1-12(15(19)17-16(2,3)4)18(5)11-13-8-7-9-14(10-13)20-6/h7-10,12H,11H2,1-6H3,(H,17,19). The Hall–Kier alpha value is -1.55. The molecule has 0 aromatic heterocycles. The zero-order valence-electron chi connectivity index (χ0n) is 13.4. The minimum Gasteiger partial charge on any atom is -0.497 e. The first kappa shape index (κ1) is 16.5. The number of carbonyl (C=O) groups excluding carboxylic acids is 1. The Bertz CT molecular complexity index is 452. The van der Waals surface area contributed by atoms with E-state index in [0.29, 0.717) is 6.54 Å². The molecule has 1 aromatic carbocycles. The molecule has 1 N–H and O–H groups in total. The van der Waals surface area contributed by atoms with E-state index >= 15 is 0 Å². The lowest BCUT2D eigenvalue weighted by Gasteiger charge is -2.28. The summed E-state index contributed by atoms with van der Waals surface area (Å²) in [6.07, 6.45) is 0. The topological polar surface area (TPSA) is 41.6 Å². The van der Waals surface area contributed by atoms with Gasteiger partial charge in [-0.3, -0.25) is 9.69 Å². The van der Waals surface area contributed by atoms with Crippen LogP contribution >= 0.6 is 0 Å². The molecule has 0 spiro atoms. The van der Waals surface area contributed by atoms with E-state index in [1.807, 2.05) is 63.9 Å². The number of hydrogen-bond acceptors (Lipinski definition) is 3. The molecular formula is C16H26N2O2. The number of benzene rings is 1. The van der Waals surface area contributed by atoms with Crippen molar-refractivity contribution in [3.05, 3.63) is 29.8 Å². The van der Waals surface area contributed by atoms with Gasteiger partial charge >= 0.3 is 0 Å². The second-order valence-corrected chi connectivity index (χ2v) is 6.18. The second kappa shape index (κ2) is 6.75. The van der Waals surface area contributed by atoms with Crippen LogP contribution in [0.4, 0.5) is 0 Å². The SMILES string of the molecule is COc1cccc(CN(C)C(C)C(=O)NC(C)(C)C)c1. The lowest BCUT2D eigenvalue weighted by Crippen LogP contribution is -2.49. The average Bonchev–Trinajstić information content (AvgIpc) is 2.36. The first-order chi connectivity index (χ1) is 9.23. The molecule has 1 unspecified atom stereocenters. The minimum absolute atomic E-state index is 0.0443. The molecule has 0 aliphatic heterocycles. The van der Waals surface area contributed by atoms with Crippen LogP contribution in [0.15, 0.2) is 24.3 Å². The summed E-state index contributed by atoms with van der Waals surface area (Å²) in [5.74, 6) is 0.880. The summed E-state index contributed by atoms with van der Waals surface area (Å²) in [5, 5.41) is 3.00. The Balaban J connectivity index is 2.65. The molecule has 112 valence electrons. The maximum atomic E-state index is 12.1. The quantitative estimate of drug-likeness (QED) is 0.899. The Kier molecular flexibility index (Phi) is 5.57. The highest BCUT2D eigenvalue weighted by Crippen LogP contribution is 2.15. The van der Waals surface area contributed by atoms with E-state index in [9.17, 15) is 4.79 Å². The van der Waals surface area contributed by atoms with Gasteiger partial charge in [0.1, 0.15) is 5.75 Å². The molecule has 0 radical (unpaired) electrons. The average molecular weight is 278 g/mol. The van der Waals surface area contributed by atoms with Gasteiger partial charge in [0.25, 0.3) is 0 Å². The smallest absolute Gasteiger partial charge is 0.237 e. The monoisotopic (exact) mass is 278 g/mol. The van der Waals surface area contributed by atoms with Crippen LogP contribution in [0.5, 0.6) is 5.75 Å². The van der Waals surface area contributed by atoms with Crippen LogP contribution in [-0.4, -0.2) is 36.5 Å². The van der Waals surface area contributed by atoms with Crippen LogP contribution in [-0.2, 0) is 11.3 Å². The molecule has 1 atom stereocenters. The van der Waals surface area contributed by atoms with Crippen LogP contribution in [0.1, 0.15) is 33.3 Å². The van der Waals surface area contributed by atoms with Crippen LogP contribution in [0.2, 0.25) is 0 Å². The number of hydrogen-bond donors (Lipinski definition) is 1. The fraction of sp³-hybridized carbons (Fsp3) is 0.562. The van der Waals surface area contributed by atoms with Gasteiger partial charge in [-0.2, -0.15) is 0 Å². The van der Waals surface area contributed by atoms with E-state index < -0.39 is 0 Å². The molecule has 0 fully saturated rings. The van der Waals surface area contributed by atoms with E-state index in [1.165, 1.54) is 0 Å². The molecule has 1 aromatic rings. The molecule has 0 saturated heterocycles. The highest BCUT2D eigenvalue weighted by Gasteiger charge is 2.22. The summed E-state index contributed by atoms with van der Waals surface area (Å²) in [5.41, 5.74) is 0.921. The summed E-state index contributed by atoms with van der Waals surface area (Å²) in [4.78, 5) is 14.2. The van der Waals surface area contributed by atoms with Crippen molar-refractivity contribution in [3.8, 4) is 5.75 Å². The van der Waals surface area contributed by atoms with Crippen LogP contribution in [0.3, 0.4) is 0 Å². The van der Waals surface area contributed by atoms with E-state index in [-0.39, 0.29) is 17.5 Å². The van der Waals surface area contributed by atoms with Crippen LogP contribution in [0.25, 0.3) is 0 Å². The van der Waals surface area contributed by atoms with Crippen molar-refractivity contribution in [1.82, 2.24) is 10.2 Å². The lowest BCUT2D eigenvalue weighted by molar-refractivity contribution is -0.127. The van der Waals surface area contributed by atoms with Crippen molar-refractivity contribution in [3.63, 3.8) is 0 Å². The van der Waals surface area contributed by atoms with Gasteiger partial charge in [0.15, 0.2) is 0 Å². The van der Waals surface area contributed by atoms with E-state index in [2.05, 4.69) is 5.32 Å². The highest BCUT2D eigenvalue weighted by atomic mass is 16.5. The van der Waals surface area contributed by atoms with E-state index in [1.54, 1.807) is 7.11 Å². The first-order valence-corrected chi connectivity index (χ1v) is 6.88. The molecule has 1 amide bonds. The molecule has 0 saturated carbocycles. The molecule has 0 aliphatic carbocycles. The summed E-state index contributed by atoms with van der Waals surface area (Å²) >= 11 is 0. The molecule has 0 aliphatic rings. The second-order valence-electron chi connectivity index (χ2n) is 6.18. The first-order valence-electron chi connectivity index (χ1n) is 6.88. The fourth-order valence-electron chi connectivity index (χ4n) is 1.87. The predicted octanol–water partition coefficient (Wildman–Crippen LogP) is 2.43. The third-order valence-electron chi connectivity index (χ3n) is 3.10. The van der Waals surface area contributed by atoms with Crippen molar-refractivity contribution in [1.29, 1.82) is 0 Å². The molecule has 1 rings (SSSR count). The van der Waals surface area contributed by atoms with Crippen LogP contribution < -0.4 is 10.1 Å². The Labute approximate surface area is 122 Å². The number of rotatable bonds is 5. The number of nitrogens with zero attached hydrogens (tertiary/aromatic N) is 1. The minimum atomic E-state index is -0.206. The van der Waals surface area contributed by atoms with Crippen LogP contribution in [0, 0.1) is 0 Å². The molecular weight excluding hydrogens is 252 g/mol. The summed E-state index contributed by atoms with van der Waals surface area (Å²) in [7, 11) is 3.61. The third-order valence-corrected chi connectivity index (χ3v) is 3.10. The predicted molar refractivity (Wildman–Crippen MR) is 81.8 cm³/mol. The Morgan fingerprint density at radius 2 is 2.05 bits per heavy atom. The van der Waals surface area contributed by atoms with Crippen molar-refractivity contribution in [2.75, 3.05) is 14.2 Å². The molecule has 0 bridgehead atoms. The van der Waals surface area contributed by atoms with E-state index in [4.69, 9.17) is 4.74 Å². The van der Waals surface area contributed by atoms with Gasteiger partial charge in [-0.25, -0.2) is 0 Å². The number of nitrogens with one attached hydrogen (secondary N) is 1. The molecule has 4 nitrogen and oxygen atoms in total. The van der Waals surface area contributed by atoms with Crippen molar-refractivity contribution < 1.29 is 9.53 Å². The third kappa shape index (κ3) is 5.21. The fourth-order valence-corrected chi connectivity index (χ4v) is 1.87. The molecule has 4 heteroatoms. The van der Waals surface area contributed by atoms with E-state index in [0.717, 1.165) is 11.3 Å². The number of methoxy groups -OCH3 is 1.